The average Bonchev–Trinajstić information content (AvgIpc) is 2.72. The van der Waals surface area contributed by atoms with E-state index in [2.05, 4.69) is 10.1 Å². The summed E-state index contributed by atoms with van der Waals surface area (Å²) in [5.74, 6) is 0.926. The number of nitrogens with zero attached hydrogens (tertiary/aromatic N) is 2. The van der Waals surface area contributed by atoms with Gasteiger partial charge in [-0.25, -0.2) is 0 Å². The molecule has 0 aliphatic carbocycles. The second kappa shape index (κ2) is 5.04. The molecule has 17 heavy (non-hydrogen) atoms. The Morgan fingerprint density at radius 1 is 1.35 bits per heavy atom. The molecule has 2 rings (SSSR count). The van der Waals surface area contributed by atoms with Gasteiger partial charge in [0, 0.05) is 16.5 Å². The van der Waals surface area contributed by atoms with Crippen molar-refractivity contribution >= 4 is 23.2 Å². The number of rotatable bonds is 3. The van der Waals surface area contributed by atoms with E-state index < -0.39 is 0 Å². The summed E-state index contributed by atoms with van der Waals surface area (Å²) in [6.45, 7) is 1.78. The van der Waals surface area contributed by atoms with E-state index in [1.807, 2.05) is 0 Å². The molecule has 4 nitrogen and oxygen atoms in total. The molecular formula is C11H11Cl2N3O. The van der Waals surface area contributed by atoms with Gasteiger partial charge in [0.15, 0.2) is 5.82 Å². The van der Waals surface area contributed by atoms with Crippen LogP contribution in [-0.4, -0.2) is 10.1 Å². The largest absolute Gasteiger partial charge is 0.338 e. The Balaban J connectivity index is 2.25. The molecule has 0 aliphatic heterocycles. The van der Waals surface area contributed by atoms with Crippen LogP contribution < -0.4 is 5.73 Å². The van der Waals surface area contributed by atoms with Crippen LogP contribution in [0.25, 0.3) is 0 Å². The summed E-state index contributed by atoms with van der Waals surface area (Å²) in [5, 5.41) is 5.01. The molecule has 0 unspecified atom stereocenters. The number of hydrogen-bond donors (Lipinski definition) is 1. The minimum Gasteiger partial charge on any atom is -0.338 e. The van der Waals surface area contributed by atoms with Crippen LogP contribution in [-0.2, 0) is 6.42 Å². The average molecular weight is 272 g/mol. The van der Waals surface area contributed by atoms with E-state index in [1.165, 1.54) is 0 Å². The van der Waals surface area contributed by atoms with Gasteiger partial charge in [-0.15, -0.1) is 0 Å². The van der Waals surface area contributed by atoms with Crippen LogP contribution in [0.4, 0.5) is 0 Å². The van der Waals surface area contributed by atoms with E-state index in [-0.39, 0.29) is 6.04 Å². The monoisotopic (exact) mass is 271 g/mol. The molecule has 0 saturated carbocycles. The topological polar surface area (TPSA) is 64.9 Å². The second-order valence-corrected chi connectivity index (χ2v) is 4.53. The maximum atomic E-state index is 6.05. The summed E-state index contributed by atoms with van der Waals surface area (Å²) in [6.07, 6.45) is 0.425. The third-order valence-corrected chi connectivity index (χ3v) is 2.98. The predicted molar refractivity (Wildman–Crippen MR) is 66.2 cm³/mol. The van der Waals surface area contributed by atoms with E-state index in [1.54, 1.807) is 25.1 Å². The number of hydrogen-bond acceptors (Lipinski definition) is 4. The Kier molecular flexibility index (Phi) is 3.66. The molecule has 0 bridgehead atoms. The van der Waals surface area contributed by atoms with Crippen molar-refractivity contribution in [3.05, 3.63) is 45.5 Å². The standard InChI is InChI=1S/C11H11Cl2N3O/c1-6(14)11-15-10(16-17-11)5-7-8(12)3-2-4-9(7)13/h2-4,6H,5,14H2,1H3/t6-/m0/s1. The highest BCUT2D eigenvalue weighted by molar-refractivity contribution is 6.36. The Hall–Kier alpha value is -1.10. The van der Waals surface area contributed by atoms with Gasteiger partial charge in [0.1, 0.15) is 0 Å². The third-order valence-electron chi connectivity index (χ3n) is 2.27. The van der Waals surface area contributed by atoms with Crippen LogP contribution in [0.5, 0.6) is 0 Å². The van der Waals surface area contributed by atoms with E-state index in [9.17, 15) is 0 Å². The van der Waals surface area contributed by atoms with Gasteiger partial charge >= 0.3 is 0 Å². The fourth-order valence-corrected chi connectivity index (χ4v) is 1.91. The highest BCUT2D eigenvalue weighted by atomic mass is 35.5. The Bertz CT molecular complexity index is 505. The lowest BCUT2D eigenvalue weighted by Gasteiger charge is -2.03. The summed E-state index contributed by atoms with van der Waals surface area (Å²) < 4.78 is 5.01. The van der Waals surface area contributed by atoms with Crippen molar-refractivity contribution in [1.29, 1.82) is 0 Å². The summed E-state index contributed by atoms with van der Waals surface area (Å²) in [6, 6.07) is 5.06. The first-order valence-corrected chi connectivity index (χ1v) is 5.84. The van der Waals surface area contributed by atoms with E-state index in [4.69, 9.17) is 33.5 Å². The molecule has 2 N–H and O–H groups in total. The van der Waals surface area contributed by atoms with Gasteiger partial charge in [0.2, 0.25) is 5.89 Å². The minimum absolute atomic E-state index is 0.280. The summed E-state index contributed by atoms with van der Waals surface area (Å²) in [4.78, 5) is 4.17. The van der Waals surface area contributed by atoms with Gasteiger partial charge in [-0.2, -0.15) is 4.98 Å². The van der Waals surface area contributed by atoms with Crippen LogP contribution in [0.1, 0.15) is 30.2 Å². The van der Waals surface area contributed by atoms with Crippen LogP contribution in [0.2, 0.25) is 10.0 Å². The van der Waals surface area contributed by atoms with Gasteiger partial charge in [0.25, 0.3) is 0 Å². The quantitative estimate of drug-likeness (QED) is 0.932. The molecule has 1 heterocycles. The zero-order valence-corrected chi connectivity index (χ0v) is 10.7. The van der Waals surface area contributed by atoms with Gasteiger partial charge in [-0.3, -0.25) is 0 Å². The highest BCUT2D eigenvalue weighted by Crippen LogP contribution is 2.26. The molecule has 2 aromatic rings. The van der Waals surface area contributed by atoms with Gasteiger partial charge in [-0.1, -0.05) is 34.4 Å². The predicted octanol–water partition coefficient (Wildman–Crippen LogP) is 2.99. The van der Waals surface area contributed by atoms with Crippen LogP contribution in [0.15, 0.2) is 22.7 Å². The molecule has 1 aromatic carbocycles. The van der Waals surface area contributed by atoms with Crippen molar-refractivity contribution in [3.63, 3.8) is 0 Å². The molecule has 1 atom stereocenters. The van der Waals surface area contributed by atoms with Crippen molar-refractivity contribution in [2.75, 3.05) is 0 Å². The summed E-state index contributed by atoms with van der Waals surface area (Å²) >= 11 is 12.1. The Morgan fingerprint density at radius 3 is 2.53 bits per heavy atom. The van der Waals surface area contributed by atoms with Crippen LogP contribution >= 0.6 is 23.2 Å². The van der Waals surface area contributed by atoms with E-state index in [0.29, 0.717) is 28.2 Å². The molecule has 90 valence electrons. The highest BCUT2D eigenvalue weighted by Gasteiger charge is 2.13. The zero-order chi connectivity index (χ0) is 12.4. The number of aromatic nitrogens is 2. The van der Waals surface area contributed by atoms with E-state index in [0.717, 1.165) is 5.56 Å². The number of halogens is 2. The first-order chi connectivity index (χ1) is 8.08. The minimum atomic E-state index is -0.280. The molecule has 0 saturated heterocycles. The van der Waals surface area contributed by atoms with Crippen molar-refractivity contribution in [2.45, 2.75) is 19.4 Å². The Morgan fingerprint density at radius 2 is 2.00 bits per heavy atom. The fraction of sp³-hybridized carbons (Fsp3) is 0.273. The summed E-state index contributed by atoms with van der Waals surface area (Å²) in [7, 11) is 0. The smallest absolute Gasteiger partial charge is 0.243 e. The SMILES string of the molecule is C[C@H](N)c1nc(Cc2c(Cl)cccc2Cl)no1. The molecule has 0 amide bonds. The van der Waals surface area contributed by atoms with Gasteiger partial charge in [-0.05, 0) is 24.6 Å². The fourth-order valence-electron chi connectivity index (χ4n) is 1.38. The molecule has 1 aromatic heterocycles. The van der Waals surface area contributed by atoms with E-state index >= 15 is 0 Å². The zero-order valence-electron chi connectivity index (χ0n) is 9.15. The molecule has 6 heteroatoms. The Labute approximate surface area is 109 Å². The van der Waals surface area contributed by atoms with Crippen molar-refractivity contribution < 1.29 is 4.52 Å². The first-order valence-electron chi connectivity index (χ1n) is 5.09. The number of benzene rings is 1. The first kappa shape index (κ1) is 12.4. The van der Waals surface area contributed by atoms with Crippen LogP contribution in [0.3, 0.4) is 0 Å². The molecule has 0 fully saturated rings. The van der Waals surface area contributed by atoms with Crippen molar-refractivity contribution in [2.24, 2.45) is 5.73 Å². The molecular weight excluding hydrogens is 261 g/mol. The van der Waals surface area contributed by atoms with Gasteiger partial charge < -0.3 is 10.3 Å². The lowest BCUT2D eigenvalue weighted by Crippen LogP contribution is -2.05. The molecule has 0 aliphatic rings. The maximum Gasteiger partial charge on any atom is 0.243 e. The maximum absolute atomic E-state index is 6.05. The van der Waals surface area contributed by atoms with Crippen LogP contribution in [0, 0.1) is 0 Å². The van der Waals surface area contributed by atoms with Crippen molar-refractivity contribution in [3.8, 4) is 0 Å². The lowest BCUT2D eigenvalue weighted by molar-refractivity contribution is 0.358. The van der Waals surface area contributed by atoms with Gasteiger partial charge in [0.05, 0.1) is 6.04 Å². The molecule has 0 spiro atoms. The third kappa shape index (κ3) is 2.77. The molecule has 0 radical (unpaired) electrons. The van der Waals surface area contributed by atoms with Crippen molar-refractivity contribution in [1.82, 2.24) is 10.1 Å². The summed E-state index contributed by atoms with van der Waals surface area (Å²) in [5.41, 5.74) is 6.42. The second-order valence-electron chi connectivity index (χ2n) is 3.71. The number of nitrogens with two attached hydrogens (primary N) is 1. The lowest BCUT2D eigenvalue weighted by atomic mass is 10.1. The normalized spacial score (nSPS) is 12.7.